The van der Waals surface area contributed by atoms with Gasteiger partial charge in [-0.3, -0.25) is 9.35 Å². The van der Waals surface area contributed by atoms with Gasteiger partial charge in [0.15, 0.2) is 11.4 Å². The number of carbonyl (C=O) groups is 1. The van der Waals surface area contributed by atoms with Gasteiger partial charge in [0.2, 0.25) is 0 Å². The smallest absolute Gasteiger partial charge is 0.371 e. The Hall–Kier alpha value is -1.01. The molecule has 2 atom stereocenters. The van der Waals surface area contributed by atoms with Crippen molar-refractivity contribution in [3.8, 4) is 0 Å². The van der Waals surface area contributed by atoms with Crippen molar-refractivity contribution in [2.75, 3.05) is 20.0 Å². The third-order valence-corrected chi connectivity index (χ3v) is 4.76. The Morgan fingerprint density at radius 2 is 1.77 bits per heavy atom. The summed E-state index contributed by atoms with van der Waals surface area (Å²) >= 11 is 0.871. The van der Waals surface area contributed by atoms with Crippen molar-refractivity contribution in [2.45, 2.75) is 38.4 Å². The van der Waals surface area contributed by atoms with Gasteiger partial charge >= 0.3 is 10.4 Å². The largest absolute Gasteiger partial charge is 0.397 e. The van der Waals surface area contributed by atoms with Crippen LogP contribution in [0.3, 0.4) is 0 Å². The molecule has 0 fully saturated rings. The Morgan fingerprint density at radius 3 is 2.27 bits per heavy atom. The molecule has 0 aromatic heterocycles. The first kappa shape index (κ1) is 23.0. The molecule has 1 aromatic carbocycles. The Morgan fingerprint density at radius 1 is 1.15 bits per heavy atom. The first-order chi connectivity index (χ1) is 12.2. The first-order valence-electron chi connectivity index (χ1n) is 7.75. The fourth-order valence-corrected chi connectivity index (χ4v) is 3.41. The predicted molar refractivity (Wildman–Crippen MR) is 97.0 cm³/mol. The van der Waals surface area contributed by atoms with Gasteiger partial charge in [-0.1, -0.05) is 42.1 Å². The number of rotatable bonds is 12. The lowest BCUT2D eigenvalue weighted by molar-refractivity contribution is -0.144. The zero-order chi connectivity index (χ0) is 19.6. The van der Waals surface area contributed by atoms with Crippen LogP contribution < -0.4 is 0 Å². The van der Waals surface area contributed by atoms with Crippen molar-refractivity contribution in [3.05, 3.63) is 35.9 Å². The number of thioether (sulfide) groups is 1. The molecule has 0 unspecified atom stereocenters. The van der Waals surface area contributed by atoms with Gasteiger partial charge in [0.05, 0.1) is 12.7 Å². The maximum atomic E-state index is 11.3. The average Bonchev–Trinajstić information content (AvgIpc) is 2.59. The van der Waals surface area contributed by atoms with E-state index in [9.17, 15) is 13.2 Å². The van der Waals surface area contributed by atoms with E-state index in [2.05, 4.69) is 0 Å². The Kier molecular flexibility index (Phi) is 10.3. The summed E-state index contributed by atoms with van der Waals surface area (Å²) in [6.45, 7) is 1.53. The van der Waals surface area contributed by atoms with E-state index in [-0.39, 0.29) is 23.9 Å². The van der Waals surface area contributed by atoms with Crippen LogP contribution in [0.25, 0.3) is 0 Å². The Balaban J connectivity index is 2.95. The molecule has 10 heteroatoms. The molecule has 26 heavy (non-hydrogen) atoms. The van der Waals surface area contributed by atoms with Crippen LogP contribution in [0.5, 0.6) is 0 Å². The third-order valence-electron chi connectivity index (χ3n) is 3.37. The van der Waals surface area contributed by atoms with Crippen molar-refractivity contribution in [2.24, 2.45) is 0 Å². The van der Waals surface area contributed by atoms with E-state index in [1.54, 1.807) is 0 Å². The topological polar surface area (TPSA) is 108 Å². The lowest BCUT2D eigenvalue weighted by Gasteiger charge is -2.28. The van der Waals surface area contributed by atoms with E-state index in [0.29, 0.717) is 0 Å². The quantitative estimate of drug-likeness (QED) is 0.410. The SMILES string of the molecule is COC(C[C@@H](OCc1ccccc1)[C@H](CSC(C)=O)OS(=O)(=O)O)OC. The molecule has 1 N–H and O–H groups in total. The highest BCUT2D eigenvalue weighted by Crippen LogP contribution is 2.21. The number of benzene rings is 1. The standard InChI is InChI=1S/C16H24O8S2/c1-12(17)25-11-15(24-26(18,19)20)14(9-16(21-2)22-3)23-10-13-7-5-4-6-8-13/h4-8,14-16H,9-11H2,1-3H3,(H,18,19,20)/t14-,15+/m1/s1. The number of ether oxygens (including phenoxy) is 3. The van der Waals surface area contributed by atoms with E-state index >= 15 is 0 Å². The van der Waals surface area contributed by atoms with E-state index in [0.717, 1.165) is 17.3 Å². The summed E-state index contributed by atoms with van der Waals surface area (Å²) in [5.41, 5.74) is 0.869. The second kappa shape index (κ2) is 11.7. The highest BCUT2D eigenvalue weighted by Gasteiger charge is 2.31. The number of methoxy groups -OCH3 is 2. The van der Waals surface area contributed by atoms with Crippen molar-refractivity contribution in [1.29, 1.82) is 0 Å². The number of carbonyl (C=O) groups excluding carboxylic acids is 1. The Labute approximate surface area is 158 Å². The molecule has 0 saturated heterocycles. The van der Waals surface area contributed by atoms with Crippen molar-refractivity contribution >= 4 is 27.3 Å². The summed E-state index contributed by atoms with van der Waals surface area (Å²) in [6, 6.07) is 9.26. The molecule has 0 radical (unpaired) electrons. The predicted octanol–water partition coefficient (Wildman–Crippen LogP) is 2.05. The van der Waals surface area contributed by atoms with E-state index < -0.39 is 28.9 Å². The minimum atomic E-state index is -4.73. The van der Waals surface area contributed by atoms with E-state index in [4.69, 9.17) is 22.9 Å². The fraction of sp³-hybridized carbons (Fsp3) is 0.562. The van der Waals surface area contributed by atoms with Gasteiger partial charge in [-0.15, -0.1) is 0 Å². The summed E-state index contributed by atoms with van der Waals surface area (Å²) in [7, 11) is -1.86. The molecule has 0 bridgehead atoms. The minimum absolute atomic E-state index is 0.0191. The number of hydrogen-bond donors (Lipinski definition) is 1. The summed E-state index contributed by atoms with van der Waals surface area (Å²) in [5, 5.41) is -0.217. The van der Waals surface area contributed by atoms with Crippen molar-refractivity contribution in [1.82, 2.24) is 0 Å². The molecule has 0 saturated carbocycles. The van der Waals surface area contributed by atoms with Gasteiger partial charge in [-0.05, 0) is 5.56 Å². The van der Waals surface area contributed by atoms with Gasteiger partial charge in [-0.25, -0.2) is 4.18 Å². The zero-order valence-corrected chi connectivity index (χ0v) is 16.5. The van der Waals surface area contributed by atoms with Gasteiger partial charge < -0.3 is 14.2 Å². The molecule has 1 rings (SSSR count). The lowest BCUT2D eigenvalue weighted by Crippen LogP contribution is -2.39. The molecule has 0 amide bonds. The third kappa shape index (κ3) is 9.62. The van der Waals surface area contributed by atoms with Crippen LogP contribution in [0.2, 0.25) is 0 Å². The van der Waals surface area contributed by atoms with Crippen molar-refractivity contribution < 1.29 is 36.2 Å². The normalized spacial score (nSPS) is 14.3. The second-order valence-corrected chi connectivity index (χ2v) is 7.58. The van der Waals surface area contributed by atoms with Crippen LogP contribution in [0.15, 0.2) is 30.3 Å². The molecular weight excluding hydrogens is 384 g/mol. The molecular formula is C16H24O8S2. The highest BCUT2D eigenvalue weighted by atomic mass is 32.3. The molecule has 0 heterocycles. The summed E-state index contributed by atoms with van der Waals surface area (Å²) < 4.78 is 52.3. The summed E-state index contributed by atoms with van der Waals surface area (Å²) in [4.78, 5) is 11.3. The minimum Gasteiger partial charge on any atom is -0.371 e. The highest BCUT2D eigenvalue weighted by molar-refractivity contribution is 8.13. The zero-order valence-electron chi connectivity index (χ0n) is 14.9. The molecule has 148 valence electrons. The van der Waals surface area contributed by atoms with Crippen LogP contribution in [0.1, 0.15) is 18.9 Å². The van der Waals surface area contributed by atoms with E-state index in [1.165, 1.54) is 21.1 Å². The van der Waals surface area contributed by atoms with Crippen molar-refractivity contribution in [3.63, 3.8) is 0 Å². The van der Waals surface area contributed by atoms with Gasteiger partial charge in [0.25, 0.3) is 0 Å². The monoisotopic (exact) mass is 408 g/mol. The molecule has 8 nitrogen and oxygen atoms in total. The van der Waals surface area contributed by atoms with Gasteiger partial charge in [0, 0.05) is 33.3 Å². The van der Waals surface area contributed by atoms with Crippen LogP contribution in [0.4, 0.5) is 0 Å². The van der Waals surface area contributed by atoms with Crippen LogP contribution >= 0.6 is 11.8 Å². The lowest BCUT2D eigenvalue weighted by atomic mass is 10.1. The Bertz CT molecular complexity index is 631. The molecule has 0 aliphatic heterocycles. The molecule has 1 aromatic rings. The fourth-order valence-electron chi connectivity index (χ4n) is 2.14. The average molecular weight is 408 g/mol. The number of hydrogen-bond acceptors (Lipinski definition) is 8. The maximum Gasteiger partial charge on any atom is 0.397 e. The second-order valence-electron chi connectivity index (χ2n) is 5.34. The molecule has 0 spiro atoms. The summed E-state index contributed by atoms with van der Waals surface area (Å²) in [5.74, 6) is -0.0191. The molecule has 0 aliphatic carbocycles. The van der Waals surface area contributed by atoms with Gasteiger partial charge in [-0.2, -0.15) is 8.42 Å². The van der Waals surface area contributed by atoms with Crippen LogP contribution in [-0.2, 0) is 40.2 Å². The van der Waals surface area contributed by atoms with Gasteiger partial charge in [0.1, 0.15) is 6.10 Å². The van der Waals surface area contributed by atoms with E-state index in [1.807, 2.05) is 30.3 Å². The van der Waals surface area contributed by atoms with Crippen LogP contribution in [-0.4, -0.2) is 56.6 Å². The summed E-state index contributed by atoms with van der Waals surface area (Å²) in [6.07, 6.45) is -2.45. The maximum absolute atomic E-state index is 11.3. The first-order valence-corrected chi connectivity index (χ1v) is 10.1. The molecule has 0 aliphatic rings. The van der Waals surface area contributed by atoms with Crippen LogP contribution in [0, 0.1) is 0 Å².